The van der Waals surface area contributed by atoms with Crippen molar-refractivity contribution < 1.29 is 9.32 Å². The molecule has 2 aromatic rings. The van der Waals surface area contributed by atoms with Crippen LogP contribution in [0.15, 0.2) is 48.5 Å². The van der Waals surface area contributed by atoms with Crippen LogP contribution in [0.25, 0.3) is 0 Å². The maximum atomic E-state index is 12.6. The van der Waals surface area contributed by atoms with Crippen molar-refractivity contribution in [3.8, 4) is 0 Å². The Hall–Kier alpha value is -1.65. The first-order valence-corrected chi connectivity index (χ1v) is 8.23. The van der Waals surface area contributed by atoms with Crippen LogP contribution in [0.5, 0.6) is 0 Å². The first-order chi connectivity index (χ1) is 10.1. The van der Waals surface area contributed by atoms with Crippen LogP contribution < -0.4 is 4.31 Å². The zero-order valence-electron chi connectivity index (χ0n) is 12.2. The number of aryl methyl sites for hydroxylation is 1. The van der Waals surface area contributed by atoms with Crippen molar-refractivity contribution in [1.29, 1.82) is 0 Å². The smallest absolute Gasteiger partial charge is 0.127 e. The quantitative estimate of drug-likeness (QED) is 0.945. The summed E-state index contributed by atoms with van der Waals surface area (Å²) in [6, 6.07) is 15.7. The molecule has 0 bridgehead atoms. The largest absolute Gasteiger partial charge is 0.388 e. The van der Waals surface area contributed by atoms with E-state index >= 15 is 0 Å². The van der Waals surface area contributed by atoms with Gasteiger partial charge in [0.1, 0.15) is 11.0 Å². The predicted octanol–water partition coefficient (Wildman–Crippen LogP) is 3.27. The van der Waals surface area contributed by atoms with E-state index < -0.39 is 17.1 Å². The van der Waals surface area contributed by atoms with Gasteiger partial charge in [-0.2, -0.15) is 0 Å². The molecule has 4 heteroatoms. The van der Waals surface area contributed by atoms with Gasteiger partial charge in [0.25, 0.3) is 0 Å². The Kier molecular flexibility index (Phi) is 3.83. The van der Waals surface area contributed by atoms with E-state index in [1.807, 2.05) is 56.4 Å². The molecule has 0 fully saturated rings. The fraction of sp³-hybridized carbons (Fsp3) is 0.294. The predicted molar refractivity (Wildman–Crippen MR) is 86.5 cm³/mol. The van der Waals surface area contributed by atoms with E-state index in [0.29, 0.717) is 6.42 Å². The summed E-state index contributed by atoms with van der Waals surface area (Å²) in [7, 11) is 0.715. The molecule has 1 N–H and O–H groups in total. The second kappa shape index (κ2) is 5.62. The second-order valence-corrected chi connectivity index (χ2v) is 7.16. The highest BCUT2D eigenvalue weighted by molar-refractivity contribution is 7.87. The average molecular weight is 301 g/mol. The molecular formula is C17H19NO2S. The normalized spacial score (nSPS) is 22.1. The SMILES string of the molecule is Cc1ccc2c(c1)C(CC(O)c1ccccc1)S(=O)N2C. The van der Waals surface area contributed by atoms with Gasteiger partial charge in [-0.3, -0.25) is 4.31 Å². The highest BCUT2D eigenvalue weighted by Gasteiger charge is 2.35. The number of aliphatic hydroxyl groups is 1. The van der Waals surface area contributed by atoms with E-state index in [4.69, 9.17) is 0 Å². The minimum atomic E-state index is -1.13. The van der Waals surface area contributed by atoms with Gasteiger partial charge >= 0.3 is 0 Å². The van der Waals surface area contributed by atoms with Crippen molar-refractivity contribution >= 4 is 16.7 Å². The Balaban J connectivity index is 1.90. The van der Waals surface area contributed by atoms with Gasteiger partial charge in [0.15, 0.2) is 0 Å². The molecule has 1 aliphatic rings. The number of hydrogen-bond donors (Lipinski definition) is 1. The lowest BCUT2D eigenvalue weighted by Crippen LogP contribution is -2.18. The molecule has 2 aromatic carbocycles. The molecule has 0 radical (unpaired) electrons. The van der Waals surface area contributed by atoms with Crippen molar-refractivity contribution in [3.63, 3.8) is 0 Å². The van der Waals surface area contributed by atoms with Crippen molar-refractivity contribution in [3.05, 3.63) is 65.2 Å². The monoisotopic (exact) mass is 301 g/mol. The van der Waals surface area contributed by atoms with E-state index in [1.165, 1.54) is 0 Å². The van der Waals surface area contributed by atoms with Gasteiger partial charge in [-0.25, -0.2) is 4.21 Å². The van der Waals surface area contributed by atoms with E-state index in [-0.39, 0.29) is 5.25 Å². The lowest BCUT2D eigenvalue weighted by Gasteiger charge is -2.16. The minimum absolute atomic E-state index is 0.153. The molecule has 3 rings (SSSR count). The summed E-state index contributed by atoms with van der Waals surface area (Å²) in [5.41, 5.74) is 4.11. The average Bonchev–Trinajstić information content (AvgIpc) is 2.73. The maximum absolute atomic E-state index is 12.6. The molecule has 0 spiro atoms. The van der Waals surface area contributed by atoms with Crippen molar-refractivity contribution in [1.82, 2.24) is 0 Å². The van der Waals surface area contributed by atoms with E-state index in [1.54, 1.807) is 4.31 Å². The summed E-state index contributed by atoms with van der Waals surface area (Å²) >= 11 is 0. The third-order valence-electron chi connectivity index (χ3n) is 4.00. The fourth-order valence-electron chi connectivity index (χ4n) is 2.84. The lowest BCUT2D eigenvalue weighted by molar-refractivity contribution is 0.166. The molecule has 0 amide bonds. The molecule has 0 saturated heterocycles. The van der Waals surface area contributed by atoms with Crippen LogP contribution in [0.1, 0.15) is 34.5 Å². The summed E-state index contributed by atoms with van der Waals surface area (Å²) in [6.07, 6.45) is -0.128. The first kappa shape index (κ1) is 14.3. The number of benzene rings is 2. The fourth-order valence-corrected chi connectivity index (χ4v) is 4.33. The number of fused-ring (bicyclic) bond motifs is 1. The lowest BCUT2D eigenvalue weighted by atomic mass is 9.99. The summed E-state index contributed by atoms with van der Waals surface area (Å²) in [5.74, 6) is 0. The Morgan fingerprint density at radius 3 is 2.67 bits per heavy atom. The van der Waals surface area contributed by atoms with Crippen LogP contribution >= 0.6 is 0 Å². The topological polar surface area (TPSA) is 40.5 Å². The summed E-state index contributed by atoms with van der Waals surface area (Å²) in [5, 5.41) is 10.3. The van der Waals surface area contributed by atoms with E-state index in [2.05, 4.69) is 6.07 Å². The van der Waals surface area contributed by atoms with Gasteiger partial charge < -0.3 is 5.11 Å². The minimum Gasteiger partial charge on any atom is -0.388 e. The van der Waals surface area contributed by atoms with E-state index in [9.17, 15) is 9.32 Å². The van der Waals surface area contributed by atoms with Crippen molar-refractivity contribution in [2.45, 2.75) is 24.7 Å². The van der Waals surface area contributed by atoms with Crippen LogP contribution in [0.2, 0.25) is 0 Å². The summed E-state index contributed by atoms with van der Waals surface area (Å²) in [4.78, 5) is 0. The Morgan fingerprint density at radius 2 is 1.95 bits per heavy atom. The van der Waals surface area contributed by atoms with Crippen LogP contribution in [-0.2, 0) is 11.0 Å². The molecule has 1 aliphatic heterocycles. The first-order valence-electron chi connectivity index (χ1n) is 7.06. The van der Waals surface area contributed by atoms with Gasteiger partial charge in [0, 0.05) is 7.05 Å². The zero-order valence-corrected chi connectivity index (χ0v) is 13.0. The number of nitrogens with zero attached hydrogens (tertiary/aromatic N) is 1. The third-order valence-corrected chi connectivity index (χ3v) is 5.67. The standard InChI is InChI=1S/C17H19NO2S/c1-12-8-9-15-14(10-12)17(21(20)18(15)2)11-16(19)13-6-4-3-5-7-13/h3-10,16-17,19H,11H2,1-2H3. The van der Waals surface area contributed by atoms with Crippen molar-refractivity contribution in [2.75, 3.05) is 11.4 Å². The van der Waals surface area contributed by atoms with Crippen LogP contribution in [0.3, 0.4) is 0 Å². The Morgan fingerprint density at radius 1 is 1.24 bits per heavy atom. The highest BCUT2D eigenvalue weighted by atomic mass is 32.2. The molecule has 0 saturated carbocycles. The molecular weight excluding hydrogens is 282 g/mol. The van der Waals surface area contributed by atoms with Crippen LogP contribution in [-0.4, -0.2) is 16.4 Å². The van der Waals surface area contributed by atoms with Crippen molar-refractivity contribution in [2.24, 2.45) is 0 Å². The number of aliphatic hydroxyl groups excluding tert-OH is 1. The maximum Gasteiger partial charge on any atom is 0.127 e. The molecule has 21 heavy (non-hydrogen) atoms. The van der Waals surface area contributed by atoms with Gasteiger partial charge in [0.2, 0.25) is 0 Å². The van der Waals surface area contributed by atoms with Gasteiger partial charge in [-0.15, -0.1) is 0 Å². The second-order valence-electron chi connectivity index (χ2n) is 5.49. The number of hydrogen-bond acceptors (Lipinski definition) is 2. The molecule has 0 aliphatic carbocycles. The summed E-state index contributed by atoms with van der Waals surface area (Å²) < 4.78 is 14.4. The molecule has 0 aromatic heterocycles. The Labute approximate surface area is 127 Å². The van der Waals surface area contributed by atoms with Crippen LogP contribution in [0.4, 0.5) is 5.69 Å². The van der Waals surface area contributed by atoms with Gasteiger partial charge in [0.05, 0.1) is 17.0 Å². The van der Waals surface area contributed by atoms with Gasteiger partial charge in [-0.05, 0) is 30.5 Å². The molecule has 3 unspecified atom stereocenters. The molecule has 110 valence electrons. The Bertz CT molecular complexity index is 672. The van der Waals surface area contributed by atoms with Gasteiger partial charge in [-0.1, -0.05) is 48.0 Å². The third kappa shape index (κ3) is 2.61. The highest BCUT2D eigenvalue weighted by Crippen LogP contribution is 2.43. The number of rotatable bonds is 3. The summed E-state index contributed by atoms with van der Waals surface area (Å²) in [6.45, 7) is 2.03. The molecule has 1 heterocycles. The molecule has 3 nitrogen and oxygen atoms in total. The van der Waals surface area contributed by atoms with E-state index in [0.717, 1.165) is 22.4 Å². The molecule has 3 atom stereocenters. The number of anilines is 1. The zero-order chi connectivity index (χ0) is 15.0. The van der Waals surface area contributed by atoms with Crippen LogP contribution in [0, 0.1) is 6.92 Å².